The lowest BCUT2D eigenvalue weighted by Crippen LogP contribution is -2.34. The lowest BCUT2D eigenvalue weighted by atomic mass is 10.2. The first-order chi connectivity index (χ1) is 9.97. The minimum absolute atomic E-state index is 0.0738. The molecular weight excluding hydrogens is 278 g/mol. The van der Waals surface area contributed by atoms with Crippen molar-refractivity contribution in [1.82, 2.24) is 20.0 Å². The van der Waals surface area contributed by atoms with Crippen LogP contribution in [0.5, 0.6) is 5.88 Å². The number of carboxylic acids is 1. The molecule has 1 amide bonds. The van der Waals surface area contributed by atoms with E-state index in [1.54, 1.807) is 19.1 Å². The van der Waals surface area contributed by atoms with Crippen molar-refractivity contribution in [2.45, 2.75) is 13.0 Å². The zero-order valence-corrected chi connectivity index (χ0v) is 11.2. The van der Waals surface area contributed by atoms with Gasteiger partial charge in [0, 0.05) is 7.05 Å². The Labute approximate surface area is 118 Å². The molecule has 3 heterocycles. The van der Waals surface area contributed by atoms with E-state index < -0.39 is 12.1 Å². The third-order valence-electron chi connectivity index (χ3n) is 3.05. The molecule has 0 spiro atoms. The monoisotopic (exact) mass is 289 g/mol. The van der Waals surface area contributed by atoms with Crippen LogP contribution in [0.3, 0.4) is 0 Å². The van der Waals surface area contributed by atoms with Crippen LogP contribution in [0.15, 0.2) is 12.1 Å². The Hall–Kier alpha value is -2.97. The molecule has 2 aromatic rings. The van der Waals surface area contributed by atoms with E-state index in [9.17, 15) is 14.7 Å². The van der Waals surface area contributed by atoms with Crippen LogP contribution in [0.4, 0.5) is 5.69 Å². The fourth-order valence-electron chi connectivity index (χ4n) is 1.98. The average Bonchev–Trinajstić information content (AvgIpc) is 2.81. The molecule has 21 heavy (non-hydrogen) atoms. The molecule has 1 atom stereocenters. The molecule has 3 rings (SSSR count). The van der Waals surface area contributed by atoms with E-state index >= 15 is 0 Å². The molecule has 1 aliphatic rings. The van der Waals surface area contributed by atoms with Crippen LogP contribution >= 0.6 is 0 Å². The lowest BCUT2D eigenvalue weighted by molar-refractivity contribution is -0.122. The molecule has 0 aliphatic carbocycles. The van der Waals surface area contributed by atoms with Gasteiger partial charge in [0.05, 0.1) is 5.69 Å². The molecule has 108 valence electrons. The molecule has 0 radical (unpaired) electrons. The summed E-state index contributed by atoms with van der Waals surface area (Å²) in [6.45, 7) is 1.59. The second-order valence-electron chi connectivity index (χ2n) is 4.51. The van der Waals surface area contributed by atoms with Crippen molar-refractivity contribution >= 4 is 17.6 Å². The molecular formula is C12H11N5O4. The molecule has 0 fully saturated rings. The van der Waals surface area contributed by atoms with Gasteiger partial charge in [0.2, 0.25) is 5.88 Å². The van der Waals surface area contributed by atoms with Gasteiger partial charge in [-0.25, -0.2) is 14.5 Å². The van der Waals surface area contributed by atoms with E-state index in [-0.39, 0.29) is 23.2 Å². The molecule has 9 heteroatoms. The Bertz CT molecular complexity index is 754. The first kappa shape index (κ1) is 13.0. The molecule has 0 aromatic carbocycles. The third kappa shape index (κ3) is 2.08. The maximum Gasteiger partial charge on any atom is 0.356 e. The number of nitrogens with one attached hydrogen (secondary N) is 1. The number of hydrogen-bond donors (Lipinski definition) is 2. The summed E-state index contributed by atoms with van der Waals surface area (Å²) in [5.41, 5.74) is 0.807. The highest BCUT2D eigenvalue weighted by atomic mass is 16.5. The predicted molar refractivity (Wildman–Crippen MR) is 69.9 cm³/mol. The lowest BCUT2D eigenvalue weighted by Gasteiger charge is -2.22. The van der Waals surface area contributed by atoms with Gasteiger partial charge in [-0.2, -0.15) is 0 Å². The predicted octanol–water partition coefficient (Wildman–Crippen LogP) is 0.295. The van der Waals surface area contributed by atoms with Crippen LogP contribution in [0, 0.1) is 0 Å². The van der Waals surface area contributed by atoms with Crippen molar-refractivity contribution in [2.75, 3.05) is 5.32 Å². The number of nitrogens with zero attached hydrogens (tertiary/aromatic N) is 4. The Morgan fingerprint density at radius 1 is 1.48 bits per heavy atom. The number of carboxylic acid groups (broad SMARTS) is 1. The van der Waals surface area contributed by atoms with Gasteiger partial charge < -0.3 is 15.2 Å². The number of aryl methyl sites for hydroxylation is 1. The normalized spacial score (nSPS) is 16.9. The molecule has 9 nitrogen and oxygen atoms in total. The van der Waals surface area contributed by atoms with E-state index in [1.807, 2.05) is 0 Å². The van der Waals surface area contributed by atoms with Gasteiger partial charge >= 0.3 is 5.97 Å². The molecule has 2 aromatic heterocycles. The summed E-state index contributed by atoms with van der Waals surface area (Å²) in [7, 11) is 1.48. The van der Waals surface area contributed by atoms with Crippen LogP contribution in [-0.2, 0) is 11.8 Å². The van der Waals surface area contributed by atoms with E-state index in [0.29, 0.717) is 11.4 Å². The highest BCUT2D eigenvalue weighted by Gasteiger charge is 2.27. The standard InChI is InChI=1S/C12H11N5O4/c1-5-10(18)13-7-4-3-6(14-11(7)21-5)8-9(12(19)20)17(2)16-15-8/h3-5H,1-2H3,(H,13,18)(H,19,20). The number of carbonyl (C=O) groups is 2. The number of pyridine rings is 1. The van der Waals surface area contributed by atoms with E-state index in [2.05, 4.69) is 20.6 Å². The Balaban J connectivity index is 2.08. The van der Waals surface area contributed by atoms with Gasteiger partial charge in [-0.1, -0.05) is 5.21 Å². The van der Waals surface area contributed by atoms with Crippen molar-refractivity contribution in [3.05, 3.63) is 17.8 Å². The molecule has 0 saturated heterocycles. The van der Waals surface area contributed by atoms with Gasteiger partial charge in [0.15, 0.2) is 11.8 Å². The summed E-state index contributed by atoms with van der Waals surface area (Å²) in [4.78, 5) is 26.9. The summed E-state index contributed by atoms with van der Waals surface area (Å²) < 4.78 is 6.54. The highest BCUT2D eigenvalue weighted by molar-refractivity contribution is 5.97. The van der Waals surface area contributed by atoms with Crippen LogP contribution < -0.4 is 10.1 Å². The quantitative estimate of drug-likeness (QED) is 0.815. The molecule has 0 saturated carbocycles. The Morgan fingerprint density at radius 3 is 2.95 bits per heavy atom. The van der Waals surface area contributed by atoms with Gasteiger partial charge in [-0.3, -0.25) is 4.79 Å². The van der Waals surface area contributed by atoms with Crippen molar-refractivity contribution in [2.24, 2.45) is 7.05 Å². The zero-order valence-electron chi connectivity index (χ0n) is 11.2. The summed E-state index contributed by atoms with van der Waals surface area (Å²) in [5, 5.41) is 19.3. The topological polar surface area (TPSA) is 119 Å². The molecule has 2 N–H and O–H groups in total. The SMILES string of the molecule is CC1Oc2nc(-c3nnn(C)c3C(=O)O)ccc2NC1=O. The number of hydrogen-bond acceptors (Lipinski definition) is 6. The van der Waals surface area contributed by atoms with Gasteiger partial charge in [0.1, 0.15) is 11.4 Å². The number of rotatable bonds is 2. The zero-order chi connectivity index (χ0) is 15.1. The molecule has 1 aliphatic heterocycles. The second-order valence-corrected chi connectivity index (χ2v) is 4.51. The number of amides is 1. The van der Waals surface area contributed by atoms with Gasteiger partial charge in [-0.15, -0.1) is 5.10 Å². The number of aromatic nitrogens is 4. The van der Waals surface area contributed by atoms with Crippen molar-refractivity contribution < 1.29 is 19.4 Å². The maximum atomic E-state index is 11.5. The van der Waals surface area contributed by atoms with E-state index in [1.165, 1.54) is 7.05 Å². The summed E-state index contributed by atoms with van der Waals surface area (Å²) in [6.07, 6.45) is -0.666. The summed E-state index contributed by atoms with van der Waals surface area (Å²) >= 11 is 0. The van der Waals surface area contributed by atoms with Crippen molar-refractivity contribution in [3.63, 3.8) is 0 Å². The Kier molecular flexibility index (Phi) is 2.82. The second kappa shape index (κ2) is 4.54. The summed E-state index contributed by atoms with van der Waals surface area (Å²) in [6, 6.07) is 3.14. The van der Waals surface area contributed by atoms with Crippen molar-refractivity contribution in [3.8, 4) is 17.3 Å². The fourth-order valence-corrected chi connectivity index (χ4v) is 1.98. The van der Waals surface area contributed by atoms with Crippen LogP contribution in [0.25, 0.3) is 11.4 Å². The highest BCUT2D eigenvalue weighted by Crippen LogP contribution is 2.30. The molecule has 0 bridgehead atoms. The van der Waals surface area contributed by atoms with Gasteiger partial charge in [0.25, 0.3) is 5.91 Å². The fraction of sp³-hybridized carbons (Fsp3) is 0.250. The first-order valence-corrected chi connectivity index (χ1v) is 6.09. The van der Waals surface area contributed by atoms with E-state index in [4.69, 9.17) is 4.74 Å². The minimum Gasteiger partial charge on any atom is -0.476 e. The number of fused-ring (bicyclic) bond motifs is 1. The number of anilines is 1. The van der Waals surface area contributed by atoms with Crippen molar-refractivity contribution in [1.29, 1.82) is 0 Å². The Morgan fingerprint density at radius 2 is 2.24 bits per heavy atom. The number of carbonyl (C=O) groups excluding carboxylic acids is 1. The van der Waals surface area contributed by atoms with Crippen LogP contribution in [0.1, 0.15) is 17.4 Å². The smallest absolute Gasteiger partial charge is 0.356 e. The average molecular weight is 289 g/mol. The maximum absolute atomic E-state index is 11.5. The largest absolute Gasteiger partial charge is 0.476 e. The van der Waals surface area contributed by atoms with Gasteiger partial charge in [-0.05, 0) is 19.1 Å². The molecule has 1 unspecified atom stereocenters. The first-order valence-electron chi connectivity index (χ1n) is 6.09. The van der Waals surface area contributed by atoms with Crippen LogP contribution in [-0.4, -0.2) is 43.1 Å². The van der Waals surface area contributed by atoms with E-state index in [0.717, 1.165) is 4.68 Å². The minimum atomic E-state index is -1.15. The third-order valence-corrected chi connectivity index (χ3v) is 3.05. The summed E-state index contributed by atoms with van der Waals surface area (Å²) in [5.74, 6) is -1.19. The number of aromatic carboxylic acids is 1. The number of ether oxygens (including phenoxy) is 1. The van der Waals surface area contributed by atoms with Crippen LogP contribution in [0.2, 0.25) is 0 Å².